The summed E-state index contributed by atoms with van der Waals surface area (Å²) in [6.45, 7) is 3.49. The molecule has 0 bridgehead atoms. The fourth-order valence-electron chi connectivity index (χ4n) is 4.52. The van der Waals surface area contributed by atoms with Gasteiger partial charge >= 0.3 is 0 Å². The Morgan fingerprint density at radius 1 is 1.07 bits per heavy atom. The molecule has 9 heteroatoms. The van der Waals surface area contributed by atoms with Crippen LogP contribution in [0.4, 0.5) is 4.39 Å². The van der Waals surface area contributed by atoms with Crippen molar-refractivity contribution in [2.75, 3.05) is 26.2 Å². The van der Waals surface area contributed by atoms with Crippen LogP contribution in [0.2, 0.25) is 0 Å². The average Bonchev–Trinajstić information content (AvgIpc) is 3.05. The quantitative estimate of drug-likeness (QED) is 0.831. The van der Waals surface area contributed by atoms with Crippen molar-refractivity contribution in [3.8, 4) is 0 Å². The molecule has 1 aromatic heterocycles. The number of piperazine rings is 1. The maximum absolute atomic E-state index is 13.1. The highest BCUT2D eigenvalue weighted by molar-refractivity contribution is 5.91. The van der Waals surface area contributed by atoms with Crippen molar-refractivity contribution in [2.24, 2.45) is 5.92 Å². The maximum atomic E-state index is 13.1. The first-order valence-corrected chi connectivity index (χ1v) is 10.0. The number of halogens is 1. The zero-order valence-electron chi connectivity index (χ0n) is 15.3. The number of rotatable bonds is 3. The first-order valence-electron chi connectivity index (χ1n) is 10.0. The molecule has 0 aromatic carbocycles. The number of aromatic nitrogens is 3. The minimum absolute atomic E-state index is 0.0459. The number of carbonyl (C=O) groups excluding carboxylic acids is 2. The molecule has 3 fully saturated rings. The summed E-state index contributed by atoms with van der Waals surface area (Å²) in [5.74, 6) is 0.868. The van der Waals surface area contributed by atoms with E-state index in [1.54, 1.807) is 0 Å². The van der Waals surface area contributed by atoms with Crippen molar-refractivity contribution in [1.82, 2.24) is 29.9 Å². The van der Waals surface area contributed by atoms with Crippen LogP contribution < -0.4 is 5.32 Å². The largest absolute Gasteiger partial charge is 0.347 e. The molecule has 27 heavy (non-hydrogen) atoms. The molecule has 3 heterocycles. The predicted octanol–water partition coefficient (Wildman–Crippen LogP) is 0.507. The molecule has 1 N–H and O–H groups in total. The normalized spacial score (nSPS) is 30.7. The van der Waals surface area contributed by atoms with Gasteiger partial charge < -0.3 is 14.8 Å². The Kier molecular flexibility index (Phi) is 4.14. The van der Waals surface area contributed by atoms with Gasteiger partial charge in [-0.3, -0.25) is 14.5 Å². The smallest absolute Gasteiger partial charge is 0.289 e. The monoisotopic (exact) mass is 376 g/mol. The van der Waals surface area contributed by atoms with Crippen molar-refractivity contribution in [1.29, 1.82) is 0 Å². The summed E-state index contributed by atoms with van der Waals surface area (Å²) in [6.07, 6.45) is 3.10. The molecular formula is C18H25FN6O2. The van der Waals surface area contributed by atoms with E-state index in [9.17, 15) is 14.0 Å². The van der Waals surface area contributed by atoms with Crippen LogP contribution in [-0.2, 0) is 11.3 Å². The number of amides is 2. The number of nitrogens with zero attached hydrogens (tertiary/aromatic N) is 5. The fraction of sp³-hybridized carbons (Fsp3) is 0.778. The molecule has 8 nitrogen and oxygen atoms in total. The second-order valence-corrected chi connectivity index (χ2v) is 8.24. The van der Waals surface area contributed by atoms with Crippen LogP contribution in [-0.4, -0.2) is 74.8 Å². The molecule has 4 aliphatic rings. The van der Waals surface area contributed by atoms with E-state index in [1.807, 2.05) is 9.47 Å². The van der Waals surface area contributed by atoms with Crippen molar-refractivity contribution in [2.45, 2.75) is 56.9 Å². The summed E-state index contributed by atoms with van der Waals surface area (Å²) in [5.41, 5.74) is 0. The van der Waals surface area contributed by atoms with Crippen molar-refractivity contribution < 1.29 is 14.0 Å². The van der Waals surface area contributed by atoms with Crippen molar-refractivity contribution in [3.63, 3.8) is 0 Å². The van der Waals surface area contributed by atoms with Crippen LogP contribution >= 0.6 is 0 Å². The van der Waals surface area contributed by atoms with E-state index in [4.69, 9.17) is 0 Å². The minimum atomic E-state index is -0.824. The molecule has 2 aliphatic carbocycles. The molecule has 0 radical (unpaired) electrons. The van der Waals surface area contributed by atoms with Crippen molar-refractivity contribution in [3.05, 3.63) is 11.6 Å². The van der Waals surface area contributed by atoms with Gasteiger partial charge in [-0.2, -0.15) is 0 Å². The summed E-state index contributed by atoms with van der Waals surface area (Å²) in [7, 11) is 0. The summed E-state index contributed by atoms with van der Waals surface area (Å²) in [6, 6.07) is 0.214. The molecule has 2 aliphatic heterocycles. The number of alkyl halides is 1. The minimum Gasteiger partial charge on any atom is -0.347 e. The summed E-state index contributed by atoms with van der Waals surface area (Å²) >= 11 is 0. The summed E-state index contributed by atoms with van der Waals surface area (Å²) < 4.78 is 15.0. The van der Waals surface area contributed by atoms with Gasteiger partial charge in [-0.1, -0.05) is 0 Å². The Hall–Kier alpha value is -2.03. The Labute approximate surface area is 157 Å². The van der Waals surface area contributed by atoms with E-state index in [0.29, 0.717) is 38.3 Å². The third kappa shape index (κ3) is 2.92. The van der Waals surface area contributed by atoms with Gasteiger partial charge in [0.15, 0.2) is 5.82 Å². The van der Waals surface area contributed by atoms with Gasteiger partial charge in [0.05, 0.1) is 6.04 Å². The van der Waals surface area contributed by atoms with E-state index in [-0.39, 0.29) is 29.8 Å². The highest BCUT2D eigenvalue weighted by Crippen LogP contribution is 2.34. The summed E-state index contributed by atoms with van der Waals surface area (Å²) in [4.78, 5) is 29.3. The third-order valence-corrected chi connectivity index (χ3v) is 6.56. The summed E-state index contributed by atoms with van der Waals surface area (Å²) in [5, 5.41) is 11.5. The lowest BCUT2D eigenvalue weighted by atomic mass is 9.82. The van der Waals surface area contributed by atoms with Gasteiger partial charge in [-0.15, -0.1) is 10.2 Å². The van der Waals surface area contributed by atoms with Gasteiger partial charge in [0, 0.05) is 44.7 Å². The van der Waals surface area contributed by atoms with Crippen LogP contribution in [0.1, 0.15) is 54.6 Å². The second kappa shape index (κ2) is 6.54. The van der Waals surface area contributed by atoms with Crippen LogP contribution in [0, 0.1) is 5.92 Å². The number of fused-ring (bicyclic) bond motifs is 3. The second-order valence-electron chi connectivity index (χ2n) is 8.24. The lowest BCUT2D eigenvalue weighted by Crippen LogP contribution is -2.56. The van der Waals surface area contributed by atoms with E-state index in [1.165, 1.54) is 0 Å². The predicted molar refractivity (Wildman–Crippen MR) is 93.6 cm³/mol. The molecule has 2 amide bonds. The van der Waals surface area contributed by atoms with Gasteiger partial charge in [0.25, 0.3) is 5.91 Å². The average molecular weight is 376 g/mol. The molecule has 1 atom stereocenters. The standard InChI is InChI=1S/C18H25FN6O2/c19-12-8-11(9-12)18(27)24-5-4-23-6-7-25-15(14(23)10-24)21-22-16(25)17(26)20-13-2-1-3-13/h11-14H,1-10H2,(H,20,26). The van der Waals surface area contributed by atoms with Gasteiger partial charge in [0.1, 0.15) is 6.17 Å². The van der Waals surface area contributed by atoms with Crippen LogP contribution in [0.3, 0.4) is 0 Å². The highest BCUT2D eigenvalue weighted by Gasteiger charge is 2.42. The number of carbonyl (C=O) groups is 2. The van der Waals surface area contributed by atoms with E-state index < -0.39 is 6.17 Å². The van der Waals surface area contributed by atoms with E-state index in [2.05, 4.69) is 20.4 Å². The third-order valence-electron chi connectivity index (χ3n) is 6.56. The van der Waals surface area contributed by atoms with Gasteiger partial charge in [-0.25, -0.2) is 4.39 Å². The SMILES string of the molecule is O=C(NC1CCC1)c1nnc2n1CCN1CCN(C(=O)C3CC(F)C3)CC21. The van der Waals surface area contributed by atoms with Crippen molar-refractivity contribution >= 4 is 11.8 Å². The number of hydrogen-bond acceptors (Lipinski definition) is 5. The van der Waals surface area contributed by atoms with E-state index >= 15 is 0 Å². The molecule has 146 valence electrons. The number of nitrogens with one attached hydrogen (secondary N) is 1. The van der Waals surface area contributed by atoms with Crippen LogP contribution in [0.5, 0.6) is 0 Å². The molecule has 5 rings (SSSR count). The van der Waals surface area contributed by atoms with Crippen LogP contribution in [0.15, 0.2) is 0 Å². The lowest BCUT2D eigenvalue weighted by molar-refractivity contribution is -0.144. The Bertz CT molecular complexity index is 757. The zero-order valence-corrected chi connectivity index (χ0v) is 15.3. The zero-order chi connectivity index (χ0) is 18.5. The maximum Gasteiger partial charge on any atom is 0.289 e. The molecular weight excluding hydrogens is 351 g/mol. The molecule has 1 aromatic rings. The Morgan fingerprint density at radius 2 is 1.85 bits per heavy atom. The molecule has 1 saturated heterocycles. The Morgan fingerprint density at radius 3 is 2.56 bits per heavy atom. The molecule has 2 saturated carbocycles. The lowest BCUT2D eigenvalue weighted by Gasteiger charge is -2.45. The molecule has 0 spiro atoms. The van der Waals surface area contributed by atoms with Gasteiger partial charge in [-0.05, 0) is 32.1 Å². The highest BCUT2D eigenvalue weighted by atomic mass is 19.1. The van der Waals surface area contributed by atoms with Crippen LogP contribution in [0.25, 0.3) is 0 Å². The first-order chi connectivity index (χ1) is 13.1. The first kappa shape index (κ1) is 17.1. The topological polar surface area (TPSA) is 83.4 Å². The molecule has 1 unspecified atom stereocenters. The van der Waals surface area contributed by atoms with E-state index in [0.717, 1.165) is 38.2 Å². The fourth-order valence-corrected chi connectivity index (χ4v) is 4.52. The Balaban J connectivity index is 1.31. The van der Waals surface area contributed by atoms with Gasteiger partial charge in [0.2, 0.25) is 11.7 Å². The number of hydrogen-bond donors (Lipinski definition) is 1.